The zero-order chi connectivity index (χ0) is 23.4. The maximum absolute atomic E-state index is 10.6. The van der Waals surface area contributed by atoms with E-state index in [2.05, 4.69) is 31.1 Å². The number of likely N-dealkylation sites (tertiary alicyclic amines) is 1. The standard InChI is InChI=1S/C20H23N5O.C2HF3O2/c1-2-4-16(5-3-1)20-21-17(14-26-20)12-24-10-8-18(9-11-24)25-13-19(22-23-25)15-6-7-15;3-2(4,5)1(6)7/h1-5,13-15,18H,6-12H2;(H,6,7). The Morgan fingerprint density at radius 2 is 1.79 bits per heavy atom. The van der Waals surface area contributed by atoms with E-state index in [-0.39, 0.29) is 0 Å². The normalized spacial score (nSPS) is 17.4. The summed E-state index contributed by atoms with van der Waals surface area (Å²) in [5.74, 6) is -1.38. The van der Waals surface area contributed by atoms with Crippen molar-refractivity contribution in [2.24, 2.45) is 0 Å². The van der Waals surface area contributed by atoms with Gasteiger partial charge in [0.05, 0.1) is 17.4 Å². The van der Waals surface area contributed by atoms with Gasteiger partial charge >= 0.3 is 12.1 Å². The van der Waals surface area contributed by atoms with Crippen LogP contribution in [0.4, 0.5) is 13.2 Å². The lowest BCUT2D eigenvalue weighted by molar-refractivity contribution is -0.192. The predicted octanol–water partition coefficient (Wildman–Crippen LogP) is 4.28. The van der Waals surface area contributed by atoms with Gasteiger partial charge in [0.15, 0.2) is 0 Å². The summed E-state index contributed by atoms with van der Waals surface area (Å²) >= 11 is 0. The van der Waals surface area contributed by atoms with Gasteiger partial charge in [0.25, 0.3) is 0 Å². The van der Waals surface area contributed by atoms with Crippen LogP contribution in [0.2, 0.25) is 0 Å². The number of nitrogens with zero attached hydrogens (tertiary/aromatic N) is 5. The van der Waals surface area contributed by atoms with Crippen LogP contribution in [0.3, 0.4) is 0 Å². The SMILES string of the molecule is O=C(O)C(F)(F)F.c1ccc(-c2nc(CN3CCC(n4cc(C5CC5)nn4)CC3)co2)cc1. The number of piperidine rings is 1. The highest BCUT2D eigenvalue weighted by molar-refractivity contribution is 5.73. The zero-order valence-corrected chi connectivity index (χ0v) is 17.8. The van der Waals surface area contributed by atoms with Gasteiger partial charge in [0, 0.05) is 37.3 Å². The number of rotatable bonds is 5. The van der Waals surface area contributed by atoms with Gasteiger partial charge in [0.1, 0.15) is 6.26 Å². The number of oxazole rings is 1. The molecule has 1 N–H and O–H groups in total. The van der Waals surface area contributed by atoms with Crippen molar-refractivity contribution < 1.29 is 27.5 Å². The van der Waals surface area contributed by atoms with E-state index in [1.54, 1.807) is 6.26 Å². The molecule has 11 heteroatoms. The Labute approximate surface area is 188 Å². The number of aliphatic carboxylic acids is 1. The molecule has 5 rings (SSSR count). The number of carboxylic acids is 1. The van der Waals surface area contributed by atoms with E-state index >= 15 is 0 Å². The summed E-state index contributed by atoms with van der Waals surface area (Å²) in [6.07, 6.45) is 3.64. The lowest BCUT2D eigenvalue weighted by Gasteiger charge is -2.31. The monoisotopic (exact) mass is 463 g/mol. The summed E-state index contributed by atoms with van der Waals surface area (Å²) in [6.45, 7) is 2.95. The molecule has 0 atom stereocenters. The van der Waals surface area contributed by atoms with Crippen molar-refractivity contribution in [2.75, 3.05) is 13.1 Å². The molecule has 176 valence electrons. The summed E-state index contributed by atoms with van der Waals surface area (Å²) in [5, 5.41) is 15.8. The summed E-state index contributed by atoms with van der Waals surface area (Å²) in [7, 11) is 0. The highest BCUT2D eigenvalue weighted by atomic mass is 19.4. The second-order valence-corrected chi connectivity index (χ2v) is 8.22. The fourth-order valence-corrected chi connectivity index (χ4v) is 3.70. The quantitative estimate of drug-likeness (QED) is 0.603. The van der Waals surface area contributed by atoms with Crippen molar-refractivity contribution in [3.05, 3.63) is 54.2 Å². The smallest absolute Gasteiger partial charge is 0.475 e. The molecule has 3 heterocycles. The minimum atomic E-state index is -5.08. The second-order valence-electron chi connectivity index (χ2n) is 8.22. The summed E-state index contributed by atoms with van der Waals surface area (Å²) < 4.78 is 39.5. The number of halogens is 3. The van der Waals surface area contributed by atoms with Crippen molar-refractivity contribution in [3.8, 4) is 11.5 Å². The molecule has 2 aliphatic rings. The molecule has 0 radical (unpaired) electrons. The van der Waals surface area contributed by atoms with Gasteiger partial charge in [0.2, 0.25) is 5.89 Å². The topological polar surface area (TPSA) is 97.3 Å². The predicted molar refractivity (Wildman–Crippen MR) is 111 cm³/mol. The second kappa shape index (κ2) is 9.74. The molecule has 1 aromatic carbocycles. The number of alkyl halides is 3. The zero-order valence-electron chi connectivity index (χ0n) is 17.8. The maximum Gasteiger partial charge on any atom is 0.490 e. The number of carboxylic acid groups (broad SMARTS) is 1. The van der Waals surface area contributed by atoms with Gasteiger partial charge in [-0.1, -0.05) is 23.4 Å². The van der Waals surface area contributed by atoms with Crippen molar-refractivity contribution in [1.82, 2.24) is 24.9 Å². The van der Waals surface area contributed by atoms with Gasteiger partial charge in [-0.25, -0.2) is 14.5 Å². The lowest BCUT2D eigenvalue weighted by Crippen LogP contribution is -2.34. The molecule has 2 fully saturated rings. The first-order chi connectivity index (χ1) is 15.8. The Kier molecular flexibility index (Phi) is 6.77. The number of hydrogen-bond donors (Lipinski definition) is 1. The molecular formula is C22H24F3N5O3. The number of benzene rings is 1. The van der Waals surface area contributed by atoms with Crippen LogP contribution < -0.4 is 0 Å². The fraction of sp³-hybridized carbons (Fsp3) is 0.455. The Bertz CT molecular complexity index is 1050. The van der Waals surface area contributed by atoms with Crippen molar-refractivity contribution in [2.45, 2.75) is 50.4 Å². The Hall–Kier alpha value is -3.21. The minimum Gasteiger partial charge on any atom is -0.475 e. The van der Waals surface area contributed by atoms with Crippen molar-refractivity contribution >= 4 is 5.97 Å². The van der Waals surface area contributed by atoms with Gasteiger partial charge in [-0.05, 0) is 37.8 Å². The highest BCUT2D eigenvalue weighted by Crippen LogP contribution is 2.39. The first-order valence-corrected chi connectivity index (χ1v) is 10.7. The number of carbonyl (C=O) groups is 1. The first-order valence-electron chi connectivity index (χ1n) is 10.7. The lowest BCUT2D eigenvalue weighted by atomic mass is 10.1. The van der Waals surface area contributed by atoms with E-state index in [0.717, 1.165) is 43.7 Å². The summed E-state index contributed by atoms with van der Waals surface area (Å²) in [4.78, 5) is 16.0. The molecule has 2 aromatic heterocycles. The van der Waals surface area contributed by atoms with Crippen LogP contribution in [0.15, 0.2) is 47.2 Å². The maximum atomic E-state index is 10.6. The Morgan fingerprint density at radius 1 is 1.12 bits per heavy atom. The van der Waals surface area contributed by atoms with Crippen LogP contribution in [-0.4, -0.2) is 55.2 Å². The average Bonchev–Trinajstić information content (AvgIpc) is 3.34. The summed E-state index contributed by atoms with van der Waals surface area (Å²) in [6, 6.07) is 10.5. The fourth-order valence-electron chi connectivity index (χ4n) is 3.70. The van der Waals surface area contributed by atoms with Gasteiger partial charge in [-0.2, -0.15) is 13.2 Å². The van der Waals surface area contributed by atoms with Crippen molar-refractivity contribution in [3.63, 3.8) is 0 Å². The third-order valence-corrected chi connectivity index (χ3v) is 5.66. The molecule has 3 aromatic rings. The van der Waals surface area contributed by atoms with E-state index in [9.17, 15) is 13.2 Å². The molecule has 33 heavy (non-hydrogen) atoms. The van der Waals surface area contributed by atoms with Gasteiger partial charge < -0.3 is 9.52 Å². The van der Waals surface area contributed by atoms with Gasteiger partial charge in [-0.3, -0.25) is 4.90 Å². The molecular weight excluding hydrogens is 439 g/mol. The van der Waals surface area contributed by atoms with Crippen molar-refractivity contribution in [1.29, 1.82) is 0 Å². The van der Waals surface area contributed by atoms with Gasteiger partial charge in [-0.15, -0.1) is 5.10 Å². The van der Waals surface area contributed by atoms with E-state index in [4.69, 9.17) is 14.3 Å². The molecule has 1 saturated carbocycles. The van der Waals surface area contributed by atoms with E-state index in [1.807, 2.05) is 30.3 Å². The molecule has 0 spiro atoms. The van der Waals surface area contributed by atoms with E-state index in [1.165, 1.54) is 18.5 Å². The number of aromatic nitrogens is 4. The largest absolute Gasteiger partial charge is 0.490 e. The summed E-state index contributed by atoms with van der Waals surface area (Å²) in [5.41, 5.74) is 3.21. The molecule has 0 bridgehead atoms. The third-order valence-electron chi connectivity index (χ3n) is 5.66. The first kappa shape index (κ1) is 23.0. The highest BCUT2D eigenvalue weighted by Gasteiger charge is 2.38. The van der Waals surface area contributed by atoms with E-state index < -0.39 is 12.1 Å². The minimum absolute atomic E-state index is 0.475. The Balaban J connectivity index is 0.000000325. The molecule has 0 unspecified atom stereocenters. The molecule has 1 aliphatic heterocycles. The van der Waals surface area contributed by atoms with Crippen LogP contribution in [0.1, 0.15) is 49.0 Å². The average molecular weight is 463 g/mol. The van der Waals surface area contributed by atoms with Crippen LogP contribution >= 0.6 is 0 Å². The van der Waals surface area contributed by atoms with Crippen LogP contribution in [0, 0.1) is 0 Å². The van der Waals surface area contributed by atoms with Crippen LogP contribution in [-0.2, 0) is 11.3 Å². The Morgan fingerprint density at radius 3 is 2.39 bits per heavy atom. The molecule has 0 amide bonds. The van der Waals surface area contributed by atoms with Crippen LogP contribution in [0.5, 0.6) is 0 Å². The third kappa shape index (κ3) is 6.19. The molecule has 1 saturated heterocycles. The van der Waals surface area contributed by atoms with Crippen LogP contribution in [0.25, 0.3) is 11.5 Å². The number of hydrogen-bond acceptors (Lipinski definition) is 6. The molecule has 1 aliphatic carbocycles. The van der Waals surface area contributed by atoms with E-state index in [0.29, 0.717) is 17.9 Å². The molecule has 8 nitrogen and oxygen atoms in total.